The van der Waals surface area contributed by atoms with Crippen LogP contribution in [-0.4, -0.2) is 47.0 Å². The van der Waals surface area contributed by atoms with Crippen molar-refractivity contribution >= 4 is 35.0 Å². The van der Waals surface area contributed by atoms with Crippen molar-refractivity contribution < 1.29 is 4.79 Å². The molecule has 1 amide bonds. The minimum atomic E-state index is -0.198. The fourth-order valence-corrected chi connectivity index (χ4v) is 3.89. The van der Waals surface area contributed by atoms with Crippen LogP contribution in [0.2, 0.25) is 0 Å². The van der Waals surface area contributed by atoms with Crippen molar-refractivity contribution in [1.82, 2.24) is 14.9 Å². The van der Waals surface area contributed by atoms with Crippen molar-refractivity contribution in [3.8, 4) is 0 Å². The molecule has 0 aliphatic carbocycles. The molecule has 1 aliphatic heterocycles. The maximum Gasteiger partial charge on any atom is 0.249 e. The largest absolute Gasteiger partial charge is 0.354 e. The molecule has 0 saturated carbocycles. The van der Waals surface area contributed by atoms with Gasteiger partial charge in [0.2, 0.25) is 5.91 Å². The van der Waals surface area contributed by atoms with Crippen molar-refractivity contribution in [2.24, 2.45) is 0 Å². The topological polar surface area (TPSA) is 61.4 Å². The van der Waals surface area contributed by atoms with Crippen LogP contribution in [0.4, 0.5) is 11.6 Å². The highest BCUT2D eigenvalue weighted by atomic mass is 32.1. The van der Waals surface area contributed by atoms with Gasteiger partial charge in [0.05, 0.1) is 0 Å². The predicted octanol–water partition coefficient (Wildman–Crippen LogP) is 3.51. The van der Waals surface area contributed by atoms with E-state index >= 15 is 0 Å². The van der Waals surface area contributed by atoms with Crippen LogP contribution in [-0.2, 0) is 11.3 Å². The smallest absolute Gasteiger partial charge is 0.249 e. The molecule has 1 N–H and O–H groups in total. The first kappa shape index (κ1) is 19.3. The van der Waals surface area contributed by atoms with Gasteiger partial charge in [0.15, 0.2) is 0 Å². The summed E-state index contributed by atoms with van der Waals surface area (Å²) in [4.78, 5) is 26.4. The van der Waals surface area contributed by atoms with Crippen molar-refractivity contribution in [3.05, 3.63) is 76.8 Å². The van der Waals surface area contributed by atoms with Gasteiger partial charge in [-0.3, -0.25) is 9.69 Å². The molecule has 1 saturated heterocycles. The lowest BCUT2D eigenvalue weighted by molar-refractivity contribution is -0.111. The highest BCUT2D eigenvalue weighted by molar-refractivity contribution is 7.10. The highest BCUT2D eigenvalue weighted by Crippen LogP contribution is 2.17. The third-order valence-electron chi connectivity index (χ3n) is 4.79. The molecule has 6 nitrogen and oxygen atoms in total. The highest BCUT2D eigenvalue weighted by Gasteiger charge is 2.18. The van der Waals surface area contributed by atoms with Gasteiger partial charge in [0.25, 0.3) is 0 Å². The molecule has 3 heterocycles. The van der Waals surface area contributed by atoms with Gasteiger partial charge < -0.3 is 10.2 Å². The van der Waals surface area contributed by atoms with Crippen LogP contribution < -0.4 is 10.2 Å². The van der Waals surface area contributed by atoms with Gasteiger partial charge in [-0.1, -0.05) is 36.4 Å². The van der Waals surface area contributed by atoms with Gasteiger partial charge in [0, 0.05) is 49.7 Å². The van der Waals surface area contributed by atoms with E-state index in [9.17, 15) is 4.79 Å². The van der Waals surface area contributed by atoms with E-state index < -0.39 is 0 Å². The van der Waals surface area contributed by atoms with Gasteiger partial charge in [-0.2, -0.15) is 0 Å². The molecule has 2 aromatic heterocycles. The zero-order chi connectivity index (χ0) is 19.9. The monoisotopic (exact) mass is 405 g/mol. The number of carbonyl (C=O) groups excluding carboxylic acids is 1. The number of thiophene rings is 1. The average molecular weight is 406 g/mol. The summed E-state index contributed by atoms with van der Waals surface area (Å²) in [5, 5.41) is 4.80. The van der Waals surface area contributed by atoms with Crippen LogP contribution in [0.1, 0.15) is 10.4 Å². The summed E-state index contributed by atoms with van der Waals surface area (Å²) in [7, 11) is 0. The summed E-state index contributed by atoms with van der Waals surface area (Å²) in [5.74, 6) is 1.16. The zero-order valence-corrected chi connectivity index (χ0v) is 16.9. The Hall–Kier alpha value is -3.03. The number of nitrogens with zero attached hydrogens (tertiary/aromatic N) is 4. The van der Waals surface area contributed by atoms with Gasteiger partial charge in [-0.15, -0.1) is 11.3 Å². The molecule has 0 spiro atoms. The number of nitrogens with one attached hydrogen (secondary N) is 1. The number of amides is 1. The summed E-state index contributed by atoms with van der Waals surface area (Å²) in [6.07, 6.45) is 4.83. The lowest BCUT2D eigenvalue weighted by Crippen LogP contribution is -2.46. The molecule has 0 unspecified atom stereocenters. The molecular formula is C22H23N5OS. The van der Waals surface area contributed by atoms with Gasteiger partial charge >= 0.3 is 0 Å². The Morgan fingerprint density at radius 3 is 2.66 bits per heavy atom. The number of aromatic nitrogens is 2. The van der Waals surface area contributed by atoms with Crippen LogP contribution in [0.15, 0.2) is 66.3 Å². The molecule has 4 rings (SSSR count). The zero-order valence-electron chi connectivity index (χ0n) is 16.1. The van der Waals surface area contributed by atoms with E-state index in [0.717, 1.165) is 43.4 Å². The molecule has 7 heteroatoms. The number of anilines is 2. The first-order chi connectivity index (χ1) is 14.3. The van der Waals surface area contributed by atoms with Crippen molar-refractivity contribution in [1.29, 1.82) is 0 Å². The molecule has 0 bridgehead atoms. The standard InChI is InChI=1S/C22H23N5OS/c28-22(9-8-19-7-4-14-29-19)25-20-15-21(24-17-23-20)27-12-10-26(11-13-27)16-18-5-2-1-3-6-18/h1-9,14-15,17H,10-13,16H2,(H,23,24,25,28)/b9-8+. The summed E-state index contributed by atoms with van der Waals surface area (Å²) in [5.41, 5.74) is 1.34. The van der Waals surface area contributed by atoms with E-state index in [-0.39, 0.29) is 5.91 Å². The Labute approximate surface area is 174 Å². The first-order valence-corrected chi connectivity index (χ1v) is 10.5. The Balaban J connectivity index is 1.31. The van der Waals surface area contributed by atoms with Crippen LogP contribution in [0.25, 0.3) is 6.08 Å². The second kappa shape index (κ2) is 9.45. The van der Waals surface area contributed by atoms with Crippen molar-refractivity contribution in [3.63, 3.8) is 0 Å². The van der Waals surface area contributed by atoms with Crippen LogP contribution in [0, 0.1) is 0 Å². The second-order valence-electron chi connectivity index (χ2n) is 6.85. The number of hydrogen-bond acceptors (Lipinski definition) is 6. The molecule has 29 heavy (non-hydrogen) atoms. The fraction of sp³-hybridized carbons (Fsp3) is 0.227. The molecule has 1 aromatic carbocycles. The molecule has 1 aliphatic rings. The number of hydrogen-bond donors (Lipinski definition) is 1. The van der Waals surface area contributed by atoms with E-state index in [4.69, 9.17) is 0 Å². The number of piperazine rings is 1. The first-order valence-electron chi connectivity index (χ1n) is 9.62. The molecular weight excluding hydrogens is 382 g/mol. The van der Waals surface area contributed by atoms with E-state index in [1.807, 2.05) is 29.6 Å². The van der Waals surface area contributed by atoms with E-state index in [1.165, 1.54) is 18.0 Å². The Morgan fingerprint density at radius 2 is 1.90 bits per heavy atom. The molecule has 3 aromatic rings. The van der Waals surface area contributed by atoms with Crippen LogP contribution >= 0.6 is 11.3 Å². The minimum Gasteiger partial charge on any atom is -0.354 e. The maximum absolute atomic E-state index is 12.1. The summed E-state index contributed by atoms with van der Waals surface area (Å²) >= 11 is 1.59. The molecule has 148 valence electrons. The van der Waals surface area contributed by atoms with Gasteiger partial charge in [-0.25, -0.2) is 9.97 Å². The van der Waals surface area contributed by atoms with E-state index in [0.29, 0.717) is 5.82 Å². The van der Waals surface area contributed by atoms with Crippen LogP contribution in [0.3, 0.4) is 0 Å². The average Bonchev–Trinajstić information content (AvgIpc) is 3.28. The Bertz CT molecular complexity index is 950. The summed E-state index contributed by atoms with van der Waals surface area (Å²) in [6.45, 7) is 4.72. The van der Waals surface area contributed by atoms with Gasteiger partial charge in [0.1, 0.15) is 18.0 Å². The van der Waals surface area contributed by atoms with Crippen molar-refractivity contribution in [2.45, 2.75) is 6.54 Å². The summed E-state index contributed by atoms with van der Waals surface area (Å²) < 4.78 is 0. The number of benzene rings is 1. The lowest BCUT2D eigenvalue weighted by Gasteiger charge is -2.35. The Kier molecular flexibility index (Phi) is 6.29. The van der Waals surface area contributed by atoms with Gasteiger partial charge in [-0.05, 0) is 23.1 Å². The number of rotatable bonds is 6. The third kappa shape index (κ3) is 5.49. The Morgan fingerprint density at radius 1 is 1.07 bits per heavy atom. The molecule has 1 fully saturated rings. The lowest BCUT2D eigenvalue weighted by atomic mass is 10.2. The van der Waals surface area contributed by atoms with Crippen molar-refractivity contribution in [2.75, 3.05) is 36.4 Å². The maximum atomic E-state index is 12.1. The SMILES string of the molecule is O=C(/C=C/c1cccs1)Nc1cc(N2CCN(Cc3ccccc3)CC2)ncn1. The van der Waals surface area contributed by atoms with E-state index in [2.05, 4.69) is 49.4 Å². The quantitative estimate of drug-likeness (QED) is 0.636. The number of carbonyl (C=O) groups is 1. The minimum absolute atomic E-state index is 0.198. The fourth-order valence-electron chi connectivity index (χ4n) is 3.28. The third-order valence-corrected chi connectivity index (χ3v) is 5.63. The summed E-state index contributed by atoms with van der Waals surface area (Å²) in [6, 6.07) is 16.3. The molecule has 0 atom stereocenters. The molecule has 0 radical (unpaired) electrons. The predicted molar refractivity (Wildman–Crippen MR) is 118 cm³/mol. The van der Waals surface area contributed by atoms with E-state index in [1.54, 1.807) is 17.4 Å². The normalized spacial score (nSPS) is 15.0. The van der Waals surface area contributed by atoms with Crippen LogP contribution in [0.5, 0.6) is 0 Å². The second-order valence-corrected chi connectivity index (χ2v) is 7.83.